The molecule has 53 heavy (non-hydrogen) atoms. The van der Waals surface area contributed by atoms with Crippen molar-refractivity contribution in [2.24, 2.45) is 0 Å². The van der Waals surface area contributed by atoms with E-state index in [1.807, 2.05) is 0 Å². The predicted molar refractivity (Wildman–Crippen MR) is 210 cm³/mol. The number of nitrogens with zero attached hydrogens (tertiary/aromatic N) is 1. The second-order valence-corrected chi connectivity index (χ2v) is 18.3. The Balaban J connectivity index is 0.000000290. The monoisotopic (exact) mass is 746 g/mol. The molecule has 264 valence electrons. The molecule has 0 heterocycles. The summed E-state index contributed by atoms with van der Waals surface area (Å²) in [6, 6.07) is 65.7. The highest BCUT2D eigenvalue weighted by atomic mass is 31.2. The van der Waals surface area contributed by atoms with Crippen molar-refractivity contribution in [1.82, 2.24) is 4.17 Å². The number of hydrogen-bond acceptors (Lipinski definition) is 1. The molecule has 0 atom stereocenters. The van der Waals surface area contributed by atoms with Crippen LogP contribution in [0.5, 0.6) is 0 Å². The maximum absolute atomic E-state index is 12.8. The van der Waals surface area contributed by atoms with Gasteiger partial charge in [-0.15, -0.1) is 4.17 Å². The van der Waals surface area contributed by atoms with Gasteiger partial charge in [0.1, 0.15) is 5.56 Å². The van der Waals surface area contributed by atoms with Crippen LogP contribution < -0.4 is 36.0 Å². The van der Waals surface area contributed by atoms with Crippen LogP contribution in [0.25, 0.3) is 0 Å². The second kappa shape index (κ2) is 16.3. The van der Waals surface area contributed by atoms with Crippen LogP contribution in [0.3, 0.4) is 0 Å². The Bertz CT molecular complexity index is 2090. The molecule has 3 nitrogen and oxygen atoms in total. The van der Waals surface area contributed by atoms with E-state index >= 15 is 0 Å². The summed E-state index contributed by atoms with van der Waals surface area (Å²) in [5.74, 6) is -9.23. The fourth-order valence-corrected chi connectivity index (χ4v) is 15.7. The van der Waals surface area contributed by atoms with Gasteiger partial charge in [0.25, 0.3) is 0 Å². The predicted octanol–water partition coefficient (Wildman–Crippen LogP) is 8.66. The number of halogens is 4. The van der Waals surface area contributed by atoms with E-state index in [0.717, 1.165) is 6.92 Å². The van der Waals surface area contributed by atoms with E-state index in [0.29, 0.717) is 0 Å². The van der Waals surface area contributed by atoms with Crippen LogP contribution >= 0.6 is 14.1 Å². The molecule has 0 bridgehead atoms. The van der Waals surface area contributed by atoms with Gasteiger partial charge in [-0.25, -0.2) is 22.4 Å². The number of hydrogen-bond donors (Lipinski definition) is 1. The van der Waals surface area contributed by atoms with Gasteiger partial charge in [0.15, 0.2) is 23.3 Å². The van der Waals surface area contributed by atoms with Crippen molar-refractivity contribution in [3.05, 3.63) is 216 Å². The molecule has 0 aliphatic rings. The topological polar surface area (TPSA) is 51.4 Å². The van der Waals surface area contributed by atoms with Crippen molar-refractivity contribution in [1.29, 1.82) is 0 Å². The molecular formula is C44H34F4NO2P2+. The Morgan fingerprint density at radius 3 is 0.811 bits per heavy atom. The van der Waals surface area contributed by atoms with Gasteiger partial charge < -0.3 is 5.11 Å². The number of carboxylic acids is 1. The maximum Gasteiger partial charge on any atom is 0.341 e. The van der Waals surface area contributed by atoms with Crippen molar-refractivity contribution >= 4 is 51.9 Å². The van der Waals surface area contributed by atoms with E-state index in [-0.39, 0.29) is 0 Å². The number of aromatic carboxylic acids is 1. The Labute approximate surface area is 306 Å². The molecule has 1 N–H and O–H groups in total. The summed E-state index contributed by atoms with van der Waals surface area (Å²) in [5.41, 5.74) is -2.50. The minimum atomic E-state index is -2.50. The van der Waals surface area contributed by atoms with Gasteiger partial charge in [0.05, 0.1) is 31.8 Å². The smallest absolute Gasteiger partial charge is 0.341 e. The molecule has 7 aromatic carbocycles. The minimum absolute atomic E-state index is 0.808. The SMILES string of the molecule is Cc1c(F)c(F)c(C(=O)O)c(F)c1F.c1ccc(P(=[N+]=P(c2ccccc2)(c2ccccc2)c2ccccc2)(c2ccccc2)c2ccccc2)cc1. The number of rotatable bonds is 7. The maximum atomic E-state index is 12.8. The standard InChI is InChI=1S/C36H30NP2.C8H4F4O2/c1-7-19-31(20-8-1)38(32-21-9-2-10-22-32,33-23-11-3-12-24-33)37-39(34-25-13-4-14-26-34,35-27-15-5-16-28-35)36-29-17-6-18-30-36;1-2-4(9)6(11)3(8(13)14)7(12)5(2)10/h1-30H;1H3,(H,13,14)/q+1;. The third-order valence-corrected chi connectivity index (χ3v) is 17.2. The zero-order chi connectivity index (χ0) is 37.4. The highest BCUT2D eigenvalue weighted by Gasteiger charge is 2.44. The third kappa shape index (κ3) is 7.20. The van der Waals surface area contributed by atoms with Gasteiger partial charge in [0, 0.05) is 5.56 Å². The van der Waals surface area contributed by atoms with Crippen LogP contribution in [0.4, 0.5) is 17.6 Å². The first kappa shape index (κ1) is 37.1. The van der Waals surface area contributed by atoms with Gasteiger partial charge in [-0.2, -0.15) is 0 Å². The molecule has 0 fully saturated rings. The molecule has 9 heteroatoms. The average molecular weight is 747 g/mol. The van der Waals surface area contributed by atoms with Gasteiger partial charge >= 0.3 is 20.1 Å². The first-order valence-electron chi connectivity index (χ1n) is 16.6. The summed E-state index contributed by atoms with van der Waals surface area (Å²) in [6.07, 6.45) is 0. The third-order valence-electron chi connectivity index (χ3n) is 8.74. The van der Waals surface area contributed by atoms with E-state index in [1.165, 1.54) is 31.8 Å². The first-order chi connectivity index (χ1) is 25.7. The van der Waals surface area contributed by atoms with Gasteiger partial charge in [-0.3, -0.25) is 0 Å². The van der Waals surface area contributed by atoms with Crippen LogP contribution in [0.1, 0.15) is 15.9 Å². The van der Waals surface area contributed by atoms with E-state index in [9.17, 15) is 22.4 Å². The summed E-state index contributed by atoms with van der Waals surface area (Å²) >= 11 is 0. The van der Waals surface area contributed by atoms with Gasteiger partial charge in [-0.1, -0.05) is 109 Å². The Hall–Kier alpha value is -5.70. The molecule has 0 spiro atoms. The van der Waals surface area contributed by atoms with Crippen LogP contribution in [0.2, 0.25) is 0 Å². The van der Waals surface area contributed by atoms with E-state index < -0.39 is 54.5 Å². The minimum Gasteiger partial charge on any atom is -0.477 e. The van der Waals surface area contributed by atoms with Crippen LogP contribution in [-0.2, 0) is 0 Å². The van der Waals surface area contributed by atoms with Crippen molar-refractivity contribution in [3.8, 4) is 0 Å². The molecular weight excluding hydrogens is 712 g/mol. The highest BCUT2D eigenvalue weighted by molar-refractivity contribution is 7.93. The van der Waals surface area contributed by atoms with E-state index in [4.69, 9.17) is 9.28 Å². The van der Waals surface area contributed by atoms with Crippen LogP contribution in [-0.4, -0.2) is 11.1 Å². The lowest BCUT2D eigenvalue weighted by Crippen LogP contribution is -2.31. The quantitative estimate of drug-likeness (QED) is 0.0769. The first-order valence-corrected chi connectivity index (χ1v) is 20.1. The second-order valence-electron chi connectivity index (χ2n) is 11.9. The lowest BCUT2D eigenvalue weighted by molar-refractivity contribution is 0.0683. The molecule has 0 saturated carbocycles. The average Bonchev–Trinajstić information content (AvgIpc) is 3.22. The van der Waals surface area contributed by atoms with Crippen molar-refractivity contribution < 1.29 is 27.5 Å². The molecule has 0 aliphatic carbocycles. The summed E-state index contributed by atoms with van der Waals surface area (Å²) in [4.78, 5) is 10.2. The molecule has 0 amide bonds. The van der Waals surface area contributed by atoms with Crippen molar-refractivity contribution in [2.45, 2.75) is 6.92 Å². The largest absolute Gasteiger partial charge is 0.477 e. The fraction of sp³-hybridized carbons (Fsp3) is 0.0227. The molecule has 0 aliphatic heterocycles. The number of benzene rings is 7. The summed E-state index contributed by atoms with van der Waals surface area (Å²) in [6.45, 7) is 0.808. The van der Waals surface area contributed by atoms with Gasteiger partial charge in [-0.05, 0) is 79.7 Å². The molecule has 7 rings (SSSR count). The highest BCUT2D eigenvalue weighted by Crippen LogP contribution is 2.50. The number of carboxylic acid groups (broad SMARTS) is 1. The molecule has 0 aromatic heterocycles. The summed E-state index contributed by atoms with van der Waals surface area (Å²) in [5, 5.41) is 15.8. The zero-order valence-corrected chi connectivity index (χ0v) is 30.3. The number of carbonyl (C=O) groups is 1. The Kier molecular flexibility index (Phi) is 11.4. The summed E-state index contributed by atoms with van der Waals surface area (Å²) in [7, 11) is -4.99. The molecule has 0 unspecified atom stereocenters. The zero-order valence-electron chi connectivity index (χ0n) is 28.5. The molecule has 0 radical (unpaired) electrons. The van der Waals surface area contributed by atoms with Gasteiger partial charge in [0.2, 0.25) is 0 Å². The fourth-order valence-electron chi connectivity index (χ4n) is 6.20. The van der Waals surface area contributed by atoms with Crippen LogP contribution in [0.15, 0.2) is 182 Å². The lowest BCUT2D eigenvalue weighted by Gasteiger charge is -2.20. The summed E-state index contributed by atoms with van der Waals surface area (Å²) < 4.78 is 57.5. The molecule has 7 aromatic rings. The van der Waals surface area contributed by atoms with E-state index in [2.05, 4.69) is 182 Å². The van der Waals surface area contributed by atoms with E-state index in [1.54, 1.807) is 0 Å². The molecule has 0 saturated heterocycles. The van der Waals surface area contributed by atoms with Crippen molar-refractivity contribution in [3.63, 3.8) is 0 Å². The Morgan fingerprint density at radius 2 is 0.623 bits per heavy atom. The van der Waals surface area contributed by atoms with Crippen molar-refractivity contribution in [2.75, 3.05) is 0 Å². The normalized spacial score (nSPS) is 11.2. The Morgan fingerprint density at radius 1 is 0.415 bits per heavy atom. The van der Waals surface area contributed by atoms with Crippen LogP contribution in [0, 0.1) is 30.2 Å². The lowest BCUT2D eigenvalue weighted by atomic mass is 10.1.